The van der Waals surface area contributed by atoms with Crippen LogP contribution in [0.3, 0.4) is 0 Å². The molecule has 2 saturated heterocycles. The van der Waals surface area contributed by atoms with Crippen molar-refractivity contribution in [3.8, 4) is 0 Å². The molecule has 1 N–H and O–H groups in total. The molecule has 0 aromatic carbocycles. The number of carboxylic acids is 1. The Kier molecular flexibility index (Phi) is 3.54. The first-order chi connectivity index (χ1) is 8.13. The van der Waals surface area contributed by atoms with Crippen molar-refractivity contribution in [2.45, 2.75) is 38.6 Å². The Morgan fingerprint density at radius 1 is 1.29 bits per heavy atom. The maximum absolute atomic E-state index is 12.2. The molecule has 1 unspecified atom stereocenters. The summed E-state index contributed by atoms with van der Waals surface area (Å²) in [6.07, 6.45) is 3.53. The standard InChI is InChI=1S/C12H20N2O3/c1-2-9-5-7-13(8-9)12(17)14-6-3-4-10(14)11(15)16/h9-10H,2-8H2,1H3,(H,15,16)/t9?,10-/m1/s1. The molecule has 2 aliphatic heterocycles. The first kappa shape index (κ1) is 12.2. The zero-order valence-corrected chi connectivity index (χ0v) is 10.3. The van der Waals surface area contributed by atoms with Crippen molar-refractivity contribution in [3.05, 3.63) is 0 Å². The molecule has 2 atom stereocenters. The van der Waals surface area contributed by atoms with E-state index in [0.717, 1.165) is 32.4 Å². The molecule has 2 aliphatic rings. The Morgan fingerprint density at radius 2 is 2.06 bits per heavy atom. The van der Waals surface area contributed by atoms with E-state index in [0.29, 0.717) is 18.9 Å². The maximum Gasteiger partial charge on any atom is 0.326 e. The molecule has 0 aromatic heterocycles. The third kappa shape index (κ3) is 2.37. The molecule has 2 amide bonds. The van der Waals surface area contributed by atoms with Gasteiger partial charge in [-0.15, -0.1) is 0 Å². The molecule has 5 nitrogen and oxygen atoms in total. The minimum Gasteiger partial charge on any atom is -0.480 e. The van der Waals surface area contributed by atoms with E-state index in [4.69, 9.17) is 5.11 Å². The van der Waals surface area contributed by atoms with Gasteiger partial charge in [-0.05, 0) is 25.2 Å². The van der Waals surface area contributed by atoms with E-state index in [1.165, 1.54) is 4.90 Å². The van der Waals surface area contributed by atoms with E-state index in [1.807, 2.05) is 4.90 Å². The molecule has 0 aromatic rings. The fourth-order valence-corrected chi connectivity index (χ4v) is 2.77. The number of aliphatic carboxylic acids is 1. The second-order valence-electron chi connectivity index (χ2n) is 4.98. The number of carboxylic acid groups (broad SMARTS) is 1. The van der Waals surface area contributed by atoms with Crippen LogP contribution in [-0.4, -0.2) is 52.6 Å². The molecule has 0 saturated carbocycles. The van der Waals surface area contributed by atoms with Crippen molar-refractivity contribution >= 4 is 12.0 Å². The summed E-state index contributed by atoms with van der Waals surface area (Å²) in [4.78, 5) is 26.6. The average molecular weight is 240 g/mol. The summed E-state index contributed by atoms with van der Waals surface area (Å²) in [6, 6.07) is -0.686. The van der Waals surface area contributed by atoms with E-state index >= 15 is 0 Å². The Labute approximate surface area is 101 Å². The normalized spacial score (nSPS) is 28.8. The lowest BCUT2D eigenvalue weighted by atomic mass is 10.1. The Balaban J connectivity index is 1.98. The van der Waals surface area contributed by atoms with Crippen molar-refractivity contribution in [1.29, 1.82) is 0 Å². The lowest BCUT2D eigenvalue weighted by molar-refractivity contribution is -0.141. The number of hydrogen-bond donors (Lipinski definition) is 1. The summed E-state index contributed by atoms with van der Waals surface area (Å²) in [6.45, 7) is 4.29. The fraction of sp³-hybridized carbons (Fsp3) is 0.833. The van der Waals surface area contributed by atoms with E-state index in [9.17, 15) is 9.59 Å². The number of nitrogens with zero attached hydrogens (tertiary/aromatic N) is 2. The smallest absolute Gasteiger partial charge is 0.326 e. The fourth-order valence-electron chi connectivity index (χ4n) is 2.77. The third-order valence-electron chi connectivity index (χ3n) is 3.92. The summed E-state index contributed by atoms with van der Waals surface area (Å²) < 4.78 is 0. The summed E-state index contributed by atoms with van der Waals surface area (Å²) >= 11 is 0. The van der Waals surface area contributed by atoms with Crippen LogP contribution in [0.5, 0.6) is 0 Å². The van der Waals surface area contributed by atoms with E-state index in [-0.39, 0.29) is 6.03 Å². The Morgan fingerprint density at radius 3 is 2.65 bits per heavy atom. The summed E-state index contributed by atoms with van der Waals surface area (Å²) in [5.41, 5.74) is 0. The molecule has 2 heterocycles. The van der Waals surface area contributed by atoms with Crippen molar-refractivity contribution in [2.75, 3.05) is 19.6 Å². The predicted molar refractivity (Wildman–Crippen MR) is 62.7 cm³/mol. The van der Waals surface area contributed by atoms with Crippen molar-refractivity contribution in [1.82, 2.24) is 9.80 Å². The van der Waals surface area contributed by atoms with Crippen molar-refractivity contribution in [2.24, 2.45) is 5.92 Å². The van der Waals surface area contributed by atoms with Gasteiger partial charge in [0.25, 0.3) is 0 Å². The lowest BCUT2D eigenvalue weighted by Gasteiger charge is -2.27. The van der Waals surface area contributed by atoms with Gasteiger partial charge in [-0.2, -0.15) is 0 Å². The van der Waals surface area contributed by atoms with Crippen LogP contribution in [0, 0.1) is 5.92 Å². The zero-order valence-electron chi connectivity index (χ0n) is 10.3. The third-order valence-corrected chi connectivity index (χ3v) is 3.92. The summed E-state index contributed by atoms with van der Waals surface area (Å²) in [7, 11) is 0. The molecule has 96 valence electrons. The molecular weight excluding hydrogens is 220 g/mol. The first-order valence-corrected chi connectivity index (χ1v) is 6.41. The van der Waals surface area contributed by atoms with Crippen LogP contribution in [0.1, 0.15) is 32.6 Å². The highest BCUT2D eigenvalue weighted by atomic mass is 16.4. The second-order valence-corrected chi connectivity index (χ2v) is 4.98. The van der Waals surface area contributed by atoms with Crippen LogP contribution in [0.2, 0.25) is 0 Å². The second kappa shape index (κ2) is 4.94. The maximum atomic E-state index is 12.2. The highest BCUT2D eigenvalue weighted by Crippen LogP contribution is 2.24. The van der Waals surface area contributed by atoms with Gasteiger partial charge in [0.1, 0.15) is 6.04 Å². The van der Waals surface area contributed by atoms with Gasteiger partial charge in [0.05, 0.1) is 0 Å². The van der Waals surface area contributed by atoms with Gasteiger partial charge >= 0.3 is 12.0 Å². The Hall–Kier alpha value is -1.26. The Bertz CT molecular complexity index is 319. The van der Waals surface area contributed by atoms with Gasteiger partial charge in [-0.3, -0.25) is 0 Å². The summed E-state index contributed by atoms with van der Waals surface area (Å²) in [5.74, 6) is -0.285. The monoisotopic (exact) mass is 240 g/mol. The van der Waals surface area contributed by atoms with Crippen LogP contribution in [0.15, 0.2) is 0 Å². The number of amides is 2. The minimum atomic E-state index is -0.873. The molecule has 0 aliphatic carbocycles. The largest absolute Gasteiger partial charge is 0.480 e. The SMILES string of the molecule is CCC1CCN(C(=O)N2CCC[C@@H]2C(=O)O)C1. The lowest BCUT2D eigenvalue weighted by Crippen LogP contribution is -2.47. The first-order valence-electron chi connectivity index (χ1n) is 6.41. The molecule has 0 spiro atoms. The molecular formula is C12H20N2O3. The molecule has 17 heavy (non-hydrogen) atoms. The van der Waals surface area contributed by atoms with Gasteiger partial charge in [-0.1, -0.05) is 13.3 Å². The number of carbonyl (C=O) groups is 2. The van der Waals surface area contributed by atoms with E-state index in [1.54, 1.807) is 0 Å². The van der Waals surface area contributed by atoms with Crippen LogP contribution in [0.4, 0.5) is 4.79 Å². The van der Waals surface area contributed by atoms with E-state index < -0.39 is 12.0 Å². The summed E-state index contributed by atoms with van der Waals surface area (Å²) in [5, 5.41) is 9.06. The predicted octanol–water partition coefficient (Wildman–Crippen LogP) is 1.39. The molecule has 2 fully saturated rings. The van der Waals surface area contributed by atoms with Gasteiger partial charge in [-0.25, -0.2) is 9.59 Å². The van der Waals surface area contributed by atoms with Crippen molar-refractivity contribution < 1.29 is 14.7 Å². The van der Waals surface area contributed by atoms with E-state index in [2.05, 4.69) is 6.92 Å². The number of hydrogen-bond acceptors (Lipinski definition) is 2. The topological polar surface area (TPSA) is 60.9 Å². The highest BCUT2D eigenvalue weighted by Gasteiger charge is 2.37. The molecule has 5 heteroatoms. The van der Waals surface area contributed by atoms with Crippen LogP contribution >= 0.6 is 0 Å². The van der Waals surface area contributed by atoms with Crippen LogP contribution in [0.25, 0.3) is 0 Å². The van der Waals surface area contributed by atoms with Gasteiger partial charge < -0.3 is 14.9 Å². The van der Waals surface area contributed by atoms with Gasteiger partial charge in [0.15, 0.2) is 0 Å². The number of urea groups is 1. The van der Waals surface area contributed by atoms with Gasteiger partial charge in [0.2, 0.25) is 0 Å². The van der Waals surface area contributed by atoms with Crippen LogP contribution in [-0.2, 0) is 4.79 Å². The quantitative estimate of drug-likeness (QED) is 0.793. The molecule has 0 bridgehead atoms. The number of carbonyl (C=O) groups excluding carboxylic acids is 1. The highest BCUT2D eigenvalue weighted by molar-refractivity contribution is 5.83. The molecule has 0 radical (unpaired) electrons. The minimum absolute atomic E-state index is 0.0779. The zero-order chi connectivity index (χ0) is 12.4. The number of rotatable bonds is 2. The van der Waals surface area contributed by atoms with Gasteiger partial charge in [0, 0.05) is 19.6 Å². The van der Waals surface area contributed by atoms with Crippen molar-refractivity contribution in [3.63, 3.8) is 0 Å². The average Bonchev–Trinajstić information content (AvgIpc) is 2.97. The molecule has 2 rings (SSSR count). The van der Waals surface area contributed by atoms with Crippen LogP contribution < -0.4 is 0 Å². The number of likely N-dealkylation sites (tertiary alicyclic amines) is 2.